The van der Waals surface area contributed by atoms with Crippen molar-refractivity contribution >= 4 is 21.6 Å². The predicted octanol–water partition coefficient (Wildman–Crippen LogP) is 3.07. The Morgan fingerprint density at radius 1 is 1.33 bits per heavy atom. The number of benzene rings is 1. The highest BCUT2D eigenvalue weighted by molar-refractivity contribution is 9.10. The summed E-state index contributed by atoms with van der Waals surface area (Å²) in [4.78, 5) is 2.24. The van der Waals surface area contributed by atoms with Gasteiger partial charge in [0.15, 0.2) is 0 Å². The van der Waals surface area contributed by atoms with E-state index >= 15 is 0 Å². The molecule has 0 radical (unpaired) electrons. The number of anilines is 1. The first-order valence-electron chi connectivity index (χ1n) is 6.43. The molecule has 0 amide bonds. The fraction of sp³-hybridized carbons (Fsp3) is 0.571. The standard InChI is InChI=1S/C14H23BrN2O/c1-11(16)13-10-12(15)6-7-14(13)17(2)8-4-3-5-9-18/h6-7,10-11,18H,3-5,8-9,16H2,1-2H3. The van der Waals surface area contributed by atoms with Crippen molar-refractivity contribution in [2.45, 2.75) is 32.2 Å². The second-order valence-electron chi connectivity index (χ2n) is 4.70. The molecule has 18 heavy (non-hydrogen) atoms. The molecule has 102 valence electrons. The van der Waals surface area contributed by atoms with E-state index in [-0.39, 0.29) is 12.6 Å². The zero-order valence-corrected chi connectivity index (χ0v) is 12.8. The Kier molecular flexibility index (Phi) is 6.68. The van der Waals surface area contributed by atoms with Gasteiger partial charge >= 0.3 is 0 Å². The van der Waals surface area contributed by atoms with Crippen molar-refractivity contribution < 1.29 is 5.11 Å². The number of hydrogen-bond acceptors (Lipinski definition) is 3. The molecule has 0 saturated carbocycles. The summed E-state index contributed by atoms with van der Waals surface area (Å²) in [6, 6.07) is 6.27. The van der Waals surface area contributed by atoms with Gasteiger partial charge in [0.25, 0.3) is 0 Å². The second-order valence-corrected chi connectivity index (χ2v) is 5.61. The van der Waals surface area contributed by atoms with Crippen molar-refractivity contribution in [2.24, 2.45) is 5.73 Å². The molecular formula is C14H23BrN2O. The quantitative estimate of drug-likeness (QED) is 0.760. The van der Waals surface area contributed by atoms with Gasteiger partial charge in [-0.25, -0.2) is 0 Å². The van der Waals surface area contributed by atoms with E-state index in [1.54, 1.807) is 0 Å². The fourth-order valence-electron chi connectivity index (χ4n) is 2.00. The molecule has 1 unspecified atom stereocenters. The van der Waals surface area contributed by atoms with Crippen LogP contribution >= 0.6 is 15.9 Å². The Labute approximate surface area is 118 Å². The number of nitrogens with two attached hydrogens (primary N) is 1. The van der Waals surface area contributed by atoms with Crippen LogP contribution in [0.5, 0.6) is 0 Å². The zero-order valence-electron chi connectivity index (χ0n) is 11.2. The summed E-state index contributed by atoms with van der Waals surface area (Å²) in [5.74, 6) is 0. The van der Waals surface area contributed by atoms with Crippen LogP contribution in [0.4, 0.5) is 5.69 Å². The molecule has 3 N–H and O–H groups in total. The van der Waals surface area contributed by atoms with E-state index in [1.165, 1.54) is 5.69 Å². The van der Waals surface area contributed by atoms with Gasteiger partial charge in [-0.3, -0.25) is 0 Å². The summed E-state index contributed by atoms with van der Waals surface area (Å²) in [5, 5.41) is 8.76. The van der Waals surface area contributed by atoms with E-state index in [4.69, 9.17) is 10.8 Å². The summed E-state index contributed by atoms with van der Waals surface area (Å²) >= 11 is 3.49. The van der Waals surface area contributed by atoms with Crippen molar-refractivity contribution in [3.8, 4) is 0 Å². The third-order valence-electron chi connectivity index (χ3n) is 3.04. The highest BCUT2D eigenvalue weighted by Crippen LogP contribution is 2.28. The Hall–Kier alpha value is -0.580. The molecule has 0 bridgehead atoms. The molecule has 0 aliphatic rings. The van der Waals surface area contributed by atoms with Gasteiger partial charge in [-0.15, -0.1) is 0 Å². The Morgan fingerprint density at radius 3 is 2.67 bits per heavy atom. The van der Waals surface area contributed by atoms with Crippen molar-refractivity contribution in [3.63, 3.8) is 0 Å². The van der Waals surface area contributed by atoms with Crippen LogP contribution in [0.15, 0.2) is 22.7 Å². The van der Waals surface area contributed by atoms with Crippen LogP contribution in [0.3, 0.4) is 0 Å². The summed E-state index contributed by atoms with van der Waals surface area (Å²) in [6.07, 6.45) is 3.03. The highest BCUT2D eigenvalue weighted by atomic mass is 79.9. The number of halogens is 1. The number of aliphatic hydroxyl groups excluding tert-OH is 1. The third-order valence-corrected chi connectivity index (χ3v) is 3.54. The van der Waals surface area contributed by atoms with E-state index in [0.29, 0.717) is 0 Å². The number of unbranched alkanes of at least 4 members (excludes halogenated alkanes) is 2. The highest BCUT2D eigenvalue weighted by Gasteiger charge is 2.11. The summed E-state index contributed by atoms with van der Waals surface area (Å²) in [6.45, 7) is 3.28. The van der Waals surface area contributed by atoms with Crippen molar-refractivity contribution in [1.29, 1.82) is 0 Å². The van der Waals surface area contributed by atoms with Gasteiger partial charge in [0.2, 0.25) is 0 Å². The molecule has 0 aliphatic carbocycles. The van der Waals surface area contributed by atoms with Crippen LogP contribution in [0.25, 0.3) is 0 Å². The maximum Gasteiger partial charge on any atom is 0.0431 e. The molecule has 3 nitrogen and oxygen atoms in total. The Bertz CT molecular complexity index is 369. The predicted molar refractivity (Wildman–Crippen MR) is 81.0 cm³/mol. The van der Waals surface area contributed by atoms with Gasteiger partial charge in [-0.1, -0.05) is 15.9 Å². The maximum absolute atomic E-state index is 8.76. The molecular weight excluding hydrogens is 292 g/mol. The minimum absolute atomic E-state index is 0.0254. The van der Waals surface area contributed by atoms with Crippen LogP contribution in [0.1, 0.15) is 37.8 Å². The van der Waals surface area contributed by atoms with Crippen LogP contribution < -0.4 is 10.6 Å². The smallest absolute Gasteiger partial charge is 0.0431 e. The SMILES string of the molecule is CC(N)c1cc(Br)ccc1N(C)CCCCCO. The molecule has 1 rings (SSSR count). The molecule has 1 aromatic carbocycles. The largest absolute Gasteiger partial charge is 0.396 e. The molecule has 0 spiro atoms. The van der Waals surface area contributed by atoms with Gasteiger partial charge in [-0.05, 0) is 49.9 Å². The molecule has 0 heterocycles. The van der Waals surface area contributed by atoms with Gasteiger partial charge in [0, 0.05) is 36.4 Å². The lowest BCUT2D eigenvalue weighted by atomic mass is 10.1. The summed E-state index contributed by atoms with van der Waals surface area (Å²) in [5.41, 5.74) is 8.37. The first kappa shape index (κ1) is 15.5. The first-order valence-corrected chi connectivity index (χ1v) is 7.22. The molecule has 0 aromatic heterocycles. The number of nitrogens with zero attached hydrogens (tertiary/aromatic N) is 1. The number of rotatable bonds is 7. The lowest BCUT2D eigenvalue weighted by Crippen LogP contribution is -2.21. The van der Waals surface area contributed by atoms with E-state index in [0.717, 1.165) is 35.8 Å². The minimum atomic E-state index is 0.0254. The molecule has 1 aromatic rings. The zero-order chi connectivity index (χ0) is 13.5. The minimum Gasteiger partial charge on any atom is -0.396 e. The summed E-state index contributed by atoms with van der Waals surface area (Å²) in [7, 11) is 2.09. The average Bonchev–Trinajstić information content (AvgIpc) is 2.34. The average molecular weight is 315 g/mol. The lowest BCUT2D eigenvalue weighted by molar-refractivity contribution is 0.283. The Morgan fingerprint density at radius 2 is 2.06 bits per heavy atom. The number of aliphatic hydroxyl groups is 1. The van der Waals surface area contributed by atoms with Crippen LogP contribution in [-0.4, -0.2) is 25.3 Å². The molecule has 0 aliphatic heterocycles. The molecule has 1 atom stereocenters. The van der Waals surface area contributed by atoms with Crippen molar-refractivity contribution in [1.82, 2.24) is 0 Å². The van der Waals surface area contributed by atoms with Crippen LogP contribution in [0, 0.1) is 0 Å². The lowest BCUT2D eigenvalue weighted by Gasteiger charge is -2.24. The topological polar surface area (TPSA) is 49.5 Å². The number of hydrogen-bond donors (Lipinski definition) is 2. The molecule has 0 fully saturated rings. The van der Waals surface area contributed by atoms with E-state index in [2.05, 4.69) is 40.0 Å². The normalized spacial score (nSPS) is 12.5. The monoisotopic (exact) mass is 314 g/mol. The van der Waals surface area contributed by atoms with E-state index < -0.39 is 0 Å². The van der Waals surface area contributed by atoms with E-state index in [9.17, 15) is 0 Å². The fourth-order valence-corrected chi connectivity index (χ4v) is 2.37. The van der Waals surface area contributed by atoms with Crippen LogP contribution in [0.2, 0.25) is 0 Å². The second kappa shape index (κ2) is 7.77. The van der Waals surface area contributed by atoms with E-state index in [1.807, 2.05) is 13.0 Å². The van der Waals surface area contributed by atoms with Gasteiger partial charge in [-0.2, -0.15) is 0 Å². The summed E-state index contributed by atoms with van der Waals surface area (Å²) < 4.78 is 1.06. The van der Waals surface area contributed by atoms with Gasteiger partial charge in [0.1, 0.15) is 0 Å². The molecule has 4 heteroatoms. The Balaban J connectivity index is 2.69. The van der Waals surface area contributed by atoms with Crippen LogP contribution in [-0.2, 0) is 0 Å². The van der Waals surface area contributed by atoms with Crippen molar-refractivity contribution in [3.05, 3.63) is 28.2 Å². The van der Waals surface area contributed by atoms with Crippen molar-refractivity contribution in [2.75, 3.05) is 25.1 Å². The maximum atomic E-state index is 8.76. The molecule has 0 saturated heterocycles. The first-order chi connectivity index (χ1) is 8.56. The van der Waals surface area contributed by atoms with Gasteiger partial charge in [0.05, 0.1) is 0 Å². The van der Waals surface area contributed by atoms with Gasteiger partial charge < -0.3 is 15.7 Å². The third kappa shape index (κ3) is 4.59.